The predicted molar refractivity (Wildman–Crippen MR) is 166 cm³/mol. The zero-order valence-electron chi connectivity index (χ0n) is 22.5. The van der Waals surface area contributed by atoms with Gasteiger partial charge in [-0.05, 0) is 86.1 Å². The van der Waals surface area contributed by atoms with Crippen molar-refractivity contribution in [1.82, 2.24) is 15.0 Å². The molecule has 0 N–H and O–H groups in total. The fourth-order valence-corrected chi connectivity index (χ4v) is 5.78. The SMILES string of the molecule is N#CC1=NCCC(c2cncc(-c3c4ccccc4c(-c4cncc(-c5ccnc(C#N)c5)c4)c4ccccc34)c2)=C1. The Bertz CT molecular complexity index is 2120. The first kappa shape index (κ1) is 25.0. The van der Waals surface area contributed by atoms with Gasteiger partial charge in [-0.25, -0.2) is 4.98 Å². The number of aliphatic imine (C=N–C) groups is 1. The zero-order chi connectivity index (χ0) is 28.5. The lowest BCUT2D eigenvalue weighted by Crippen LogP contribution is -2.02. The molecule has 0 bridgehead atoms. The average molecular weight is 539 g/mol. The van der Waals surface area contributed by atoms with Crippen molar-refractivity contribution >= 4 is 32.8 Å². The van der Waals surface area contributed by atoms with E-state index in [0.717, 1.165) is 72.5 Å². The Morgan fingerprint density at radius 1 is 0.595 bits per heavy atom. The number of allylic oxidation sites excluding steroid dienone is 1. The van der Waals surface area contributed by atoms with Crippen molar-refractivity contribution in [2.75, 3.05) is 6.54 Å². The second-order valence-electron chi connectivity index (χ2n) is 10.1. The summed E-state index contributed by atoms with van der Waals surface area (Å²) in [5, 5.41) is 23.2. The van der Waals surface area contributed by atoms with Crippen molar-refractivity contribution in [3.63, 3.8) is 0 Å². The molecule has 0 atom stereocenters. The van der Waals surface area contributed by atoms with Crippen molar-refractivity contribution in [2.45, 2.75) is 6.42 Å². The molecule has 1 aliphatic heterocycles. The van der Waals surface area contributed by atoms with E-state index >= 15 is 0 Å². The van der Waals surface area contributed by atoms with Gasteiger partial charge in [0.2, 0.25) is 0 Å². The Balaban J connectivity index is 1.46. The second kappa shape index (κ2) is 10.5. The first-order valence-electron chi connectivity index (χ1n) is 13.6. The van der Waals surface area contributed by atoms with Gasteiger partial charge in [0.15, 0.2) is 0 Å². The van der Waals surface area contributed by atoms with Crippen molar-refractivity contribution < 1.29 is 0 Å². The number of rotatable bonds is 4. The Morgan fingerprint density at radius 3 is 1.76 bits per heavy atom. The van der Waals surface area contributed by atoms with Gasteiger partial charge in [0.1, 0.15) is 23.5 Å². The summed E-state index contributed by atoms with van der Waals surface area (Å²) >= 11 is 0. The van der Waals surface area contributed by atoms with Crippen LogP contribution in [0.4, 0.5) is 0 Å². The van der Waals surface area contributed by atoms with Crippen LogP contribution >= 0.6 is 0 Å². The summed E-state index contributed by atoms with van der Waals surface area (Å²) in [4.78, 5) is 17.7. The molecular formula is C36H22N6. The van der Waals surface area contributed by atoms with Gasteiger partial charge in [-0.2, -0.15) is 10.5 Å². The van der Waals surface area contributed by atoms with Gasteiger partial charge < -0.3 is 0 Å². The van der Waals surface area contributed by atoms with E-state index in [1.807, 2.05) is 36.9 Å². The lowest BCUT2D eigenvalue weighted by molar-refractivity contribution is 1.01. The van der Waals surface area contributed by atoms with Crippen LogP contribution in [0.25, 0.3) is 60.5 Å². The second-order valence-corrected chi connectivity index (χ2v) is 10.1. The van der Waals surface area contributed by atoms with E-state index in [4.69, 9.17) is 0 Å². The molecule has 0 fully saturated rings. The highest BCUT2D eigenvalue weighted by Gasteiger charge is 2.18. The minimum absolute atomic E-state index is 0.370. The molecule has 196 valence electrons. The van der Waals surface area contributed by atoms with Gasteiger partial charge in [0, 0.05) is 54.2 Å². The summed E-state index contributed by atoms with van der Waals surface area (Å²) in [6, 6.07) is 29.2. The number of aromatic nitrogens is 3. The fourth-order valence-electron chi connectivity index (χ4n) is 5.78. The number of dihydropyridines is 1. The van der Waals surface area contributed by atoms with E-state index in [9.17, 15) is 10.5 Å². The number of benzene rings is 3. The maximum absolute atomic E-state index is 9.39. The molecule has 6 nitrogen and oxygen atoms in total. The summed E-state index contributed by atoms with van der Waals surface area (Å²) < 4.78 is 0. The number of hydrogen-bond donors (Lipinski definition) is 0. The van der Waals surface area contributed by atoms with Crippen LogP contribution in [0.15, 0.2) is 115 Å². The molecule has 1 aliphatic rings. The third-order valence-electron chi connectivity index (χ3n) is 7.65. The van der Waals surface area contributed by atoms with E-state index in [1.165, 1.54) is 0 Å². The standard InChI is InChI=1S/C36H22N6/c37-17-29-15-23(9-11-41-29)25-13-27(21-39-19-25)35-31-5-1-2-6-32(31)36(34-8-4-3-7-33(34)35)28-14-26(20-40-22-28)24-10-12-42-30(16-24)18-38/h1-9,11,13-16,19-22H,10,12H2. The minimum atomic E-state index is 0.370. The normalized spacial score (nSPS) is 12.8. The molecule has 4 heterocycles. The molecule has 0 spiro atoms. The highest BCUT2D eigenvalue weighted by molar-refractivity contribution is 6.21. The third-order valence-corrected chi connectivity index (χ3v) is 7.65. The van der Waals surface area contributed by atoms with E-state index in [0.29, 0.717) is 18.0 Å². The fraction of sp³-hybridized carbons (Fsp3) is 0.0556. The summed E-state index contributed by atoms with van der Waals surface area (Å²) in [6.45, 7) is 0.601. The van der Waals surface area contributed by atoms with Crippen molar-refractivity contribution in [3.8, 4) is 45.5 Å². The van der Waals surface area contributed by atoms with Crippen LogP contribution in [0.1, 0.15) is 17.7 Å². The van der Waals surface area contributed by atoms with Gasteiger partial charge in [-0.15, -0.1) is 0 Å². The van der Waals surface area contributed by atoms with Crippen LogP contribution in [0.2, 0.25) is 0 Å². The maximum atomic E-state index is 9.39. The first-order valence-corrected chi connectivity index (χ1v) is 13.6. The van der Waals surface area contributed by atoms with Crippen LogP contribution in [-0.4, -0.2) is 27.2 Å². The molecule has 42 heavy (non-hydrogen) atoms. The van der Waals surface area contributed by atoms with E-state index in [2.05, 4.69) is 92.7 Å². The van der Waals surface area contributed by atoms with Crippen LogP contribution in [0, 0.1) is 22.7 Å². The lowest BCUT2D eigenvalue weighted by atomic mass is 9.86. The van der Waals surface area contributed by atoms with Gasteiger partial charge >= 0.3 is 0 Å². The maximum Gasteiger partial charge on any atom is 0.141 e. The number of hydrogen-bond acceptors (Lipinski definition) is 6. The molecule has 0 saturated heterocycles. The molecule has 3 aromatic heterocycles. The molecule has 6 aromatic rings. The molecule has 0 saturated carbocycles. The highest BCUT2D eigenvalue weighted by Crippen LogP contribution is 2.44. The highest BCUT2D eigenvalue weighted by atomic mass is 14.7. The minimum Gasteiger partial charge on any atom is -0.274 e. The molecule has 0 unspecified atom stereocenters. The lowest BCUT2D eigenvalue weighted by Gasteiger charge is -2.18. The van der Waals surface area contributed by atoms with Gasteiger partial charge in [0.05, 0.1) is 0 Å². The van der Waals surface area contributed by atoms with E-state index in [-0.39, 0.29) is 0 Å². The Morgan fingerprint density at radius 2 is 1.17 bits per heavy atom. The summed E-state index contributed by atoms with van der Waals surface area (Å²) in [7, 11) is 0. The number of fused-ring (bicyclic) bond motifs is 2. The van der Waals surface area contributed by atoms with Gasteiger partial charge in [-0.3, -0.25) is 15.0 Å². The first-order chi connectivity index (χ1) is 20.7. The van der Waals surface area contributed by atoms with E-state index < -0.39 is 0 Å². The van der Waals surface area contributed by atoms with E-state index in [1.54, 1.807) is 12.3 Å². The molecule has 0 amide bonds. The van der Waals surface area contributed by atoms with Gasteiger partial charge in [-0.1, -0.05) is 48.5 Å². The van der Waals surface area contributed by atoms with Crippen LogP contribution < -0.4 is 0 Å². The summed E-state index contributed by atoms with van der Waals surface area (Å²) in [5.41, 5.74) is 8.92. The number of nitriles is 2. The third kappa shape index (κ3) is 4.38. The van der Waals surface area contributed by atoms with Crippen LogP contribution in [0.3, 0.4) is 0 Å². The zero-order valence-corrected chi connectivity index (χ0v) is 22.5. The molecule has 0 aliphatic carbocycles. The quantitative estimate of drug-likeness (QED) is 0.213. The molecular weight excluding hydrogens is 516 g/mol. The van der Waals surface area contributed by atoms with Crippen molar-refractivity contribution in [2.24, 2.45) is 4.99 Å². The molecule has 0 radical (unpaired) electrons. The van der Waals surface area contributed by atoms with Crippen molar-refractivity contribution in [3.05, 3.63) is 121 Å². The Labute approximate surface area is 242 Å². The summed E-state index contributed by atoms with van der Waals surface area (Å²) in [5.74, 6) is 0. The largest absolute Gasteiger partial charge is 0.274 e. The molecule has 3 aromatic carbocycles. The Hall–Kier alpha value is -5.98. The van der Waals surface area contributed by atoms with Crippen LogP contribution in [0.5, 0.6) is 0 Å². The number of pyridine rings is 3. The summed E-state index contributed by atoms with van der Waals surface area (Å²) in [6.07, 6.45) is 11.8. The van der Waals surface area contributed by atoms with Crippen molar-refractivity contribution in [1.29, 1.82) is 10.5 Å². The average Bonchev–Trinajstić information content (AvgIpc) is 3.07. The molecule has 7 rings (SSSR count). The number of nitrogens with zero attached hydrogens (tertiary/aromatic N) is 6. The molecule has 6 heteroatoms. The monoisotopic (exact) mass is 538 g/mol. The van der Waals surface area contributed by atoms with Gasteiger partial charge in [0.25, 0.3) is 0 Å². The topological polar surface area (TPSA) is 98.6 Å². The predicted octanol–water partition coefficient (Wildman–Crippen LogP) is 7.80. The smallest absolute Gasteiger partial charge is 0.141 e. The Kier molecular flexibility index (Phi) is 6.28. The van der Waals surface area contributed by atoms with Crippen LogP contribution in [-0.2, 0) is 0 Å².